The summed E-state index contributed by atoms with van der Waals surface area (Å²) in [6, 6.07) is 2.16. The van der Waals surface area contributed by atoms with Crippen molar-refractivity contribution in [3.63, 3.8) is 0 Å². The van der Waals surface area contributed by atoms with E-state index < -0.39 is 11.6 Å². The number of H-pyrrole nitrogens is 1. The fraction of sp³-hybridized carbons (Fsp3) is 0.182. The van der Waals surface area contributed by atoms with Gasteiger partial charge in [0.15, 0.2) is 0 Å². The van der Waals surface area contributed by atoms with E-state index in [0.29, 0.717) is 5.82 Å². The van der Waals surface area contributed by atoms with Crippen LogP contribution in [0.1, 0.15) is 5.82 Å². The number of aryl methyl sites for hydroxylation is 1. The Hall–Kier alpha value is -1.62. The van der Waals surface area contributed by atoms with E-state index >= 15 is 0 Å². The van der Waals surface area contributed by atoms with Gasteiger partial charge in [0.1, 0.15) is 34.1 Å². The molecule has 0 aliphatic rings. The number of methoxy groups -OCH3 is 1. The second-order valence-electron chi connectivity index (χ2n) is 3.45. The molecule has 1 N–H and O–H groups in total. The highest BCUT2D eigenvalue weighted by atomic mass is 35.5. The van der Waals surface area contributed by atoms with E-state index in [2.05, 4.69) is 9.97 Å². The van der Waals surface area contributed by atoms with Crippen molar-refractivity contribution in [1.82, 2.24) is 9.97 Å². The van der Waals surface area contributed by atoms with Gasteiger partial charge in [0, 0.05) is 12.1 Å². The maximum absolute atomic E-state index is 13.7. The van der Waals surface area contributed by atoms with Gasteiger partial charge in [-0.05, 0) is 6.92 Å². The summed E-state index contributed by atoms with van der Waals surface area (Å²) in [5.41, 5.74) is -0.207. The number of imidazole rings is 1. The van der Waals surface area contributed by atoms with Crippen LogP contribution in [-0.4, -0.2) is 17.1 Å². The van der Waals surface area contributed by atoms with Crippen LogP contribution in [0.4, 0.5) is 8.78 Å². The third-order valence-corrected chi connectivity index (χ3v) is 2.54. The lowest BCUT2D eigenvalue weighted by Gasteiger charge is -2.05. The van der Waals surface area contributed by atoms with Crippen molar-refractivity contribution < 1.29 is 13.5 Å². The van der Waals surface area contributed by atoms with Gasteiger partial charge >= 0.3 is 0 Å². The quantitative estimate of drug-likeness (QED) is 0.897. The molecule has 0 saturated carbocycles. The van der Waals surface area contributed by atoms with E-state index in [9.17, 15) is 8.78 Å². The maximum Gasteiger partial charge on any atom is 0.139 e. The van der Waals surface area contributed by atoms with Crippen molar-refractivity contribution in [2.45, 2.75) is 6.92 Å². The zero-order chi connectivity index (χ0) is 12.6. The SMILES string of the molecule is COc1cc(F)c(-c2nc(C)[nH]c2Cl)c(F)c1. The summed E-state index contributed by atoms with van der Waals surface area (Å²) in [5, 5.41) is 0.102. The van der Waals surface area contributed by atoms with Gasteiger partial charge in [-0.1, -0.05) is 11.6 Å². The minimum Gasteiger partial charge on any atom is -0.497 e. The van der Waals surface area contributed by atoms with E-state index in [1.165, 1.54) is 7.11 Å². The number of nitrogens with one attached hydrogen (secondary N) is 1. The largest absolute Gasteiger partial charge is 0.497 e. The summed E-state index contributed by atoms with van der Waals surface area (Å²) in [6.07, 6.45) is 0. The van der Waals surface area contributed by atoms with Gasteiger partial charge in [-0.3, -0.25) is 0 Å². The highest BCUT2D eigenvalue weighted by Gasteiger charge is 2.19. The number of aromatic amines is 1. The average Bonchev–Trinajstić information content (AvgIpc) is 2.57. The van der Waals surface area contributed by atoms with E-state index in [-0.39, 0.29) is 22.2 Å². The smallest absolute Gasteiger partial charge is 0.139 e. The molecule has 0 atom stereocenters. The van der Waals surface area contributed by atoms with E-state index in [0.717, 1.165) is 12.1 Å². The summed E-state index contributed by atoms with van der Waals surface area (Å²) < 4.78 is 32.2. The van der Waals surface area contributed by atoms with Crippen molar-refractivity contribution in [2.24, 2.45) is 0 Å². The van der Waals surface area contributed by atoms with Gasteiger partial charge in [-0.25, -0.2) is 13.8 Å². The van der Waals surface area contributed by atoms with E-state index in [1.54, 1.807) is 6.92 Å². The summed E-state index contributed by atoms with van der Waals surface area (Å²) in [6.45, 7) is 1.65. The monoisotopic (exact) mass is 258 g/mol. The van der Waals surface area contributed by atoms with Crippen molar-refractivity contribution in [2.75, 3.05) is 7.11 Å². The molecule has 0 radical (unpaired) electrons. The standard InChI is InChI=1S/C11H9ClF2N2O/c1-5-15-10(11(12)16-5)9-7(13)3-6(17-2)4-8(9)14/h3-4H,1-2H3,(H,15,16). The molecule has 0 aliphatic carbocycles. The summed E-state index contributed by atoms with van der Waals surface area (Å²) in [5.74, 6) is -0.947. The first-order chi connectivity index (χ1) is 8.02. The zero-order valence-corrected chi connectivity index (χ0v) is 9.90. The molecule has 0 fully saturated rings. The van der Waals surface area contributed by atoms with Crippen LogP contribution in [0.5, 0.6) is 5.75 Å². The lowest BCUT2D eigenvalue weighted by Crippen LogP contribution is -1.94. The Kier molecular flexibility index (Phi) is 3.02. The topological polar surface area (TPSA) is 37.9 Å². The van der Waals surface area contributed by atoms with Crippen molar-refractivity contribution >= 4 is 11.6 Å². The number of halogens is 3. The van der Waals surface area contributed by atoms with Crippen LogP contribution in [-0.2, 0) is 0 Å². The number of benzene rings is 1. The Bertz CT molecular complexity index is 546. The molecule has 0 saturated heterocycles. The maximum atomic E-state index is 13.7. The van der Waals surface area contributed by atoms with Crippen molar-refractivity contribution in [3.05, 3.63) is 34.7 Å². The second-order valence-corrected chi connectivity index (χ2v) is 3.83. The molecule has 2 aromatic rings. The second kappa shape index (κ2) is 4.33. The molecule has 0 spiro atoms. The number of rotatable bonds is 2. The molecule has 0 amide bonds. The number of hydrogen-bond acceptors (Lipinski definition) is 2. The van der Waals surface area contributed by atoms with Crippen LogP contribution in [0.25, 0.3) is 11.3 Å². The van der Waals surface area contributed by atoms with E-state index in [1.807, 2.05) is 0 Å². The van der Waals surface area contributed by atoms with Gasteiger partial charge in [-0.15, -0.1) is 0 Å². The van der Waals surface area contributed by atoms with E-state index in [4.69, 9.17) is 16.3 Å². The van der Waals surface area contributed by atoms with Crippen LogP contribution in [0.3, 0.4) is 0 Å². The Morgan fingerprint density at radius 2 is 1.88 bits per heavy atom. The van der Waals surface area contributed by atoms with Crippen LogP contribution in [0.15, 0.2) is 12.1 Å². The highest BCUT2D eigenvalue weighted by Crippen LogP contribution is 2.32. The Morgan fingerprint density at radius 3 is 2.29 bits per heavy atom. The fourth-order valence-corrected chi connectivity index (χ4v) is 1.80. The lowest BCUT2D eigenvalue weighted by molar-refractivity contribution is 0.407. The van der Waals surface area contributed by atoms with Crippen LogP contribution < -0.4 is 4.74 Å². The average molecular weight is 259 g/mol. The molecule has 2 rings (SSSR count). The number of aromatic nitrogens is 2. The van der Waals surface area contributed by atoms with Crippen LogP contribution >= 0.6 is 11.6 Å². The third-order valence-electron chi connectivity index (χ3n) is 2.27. The molecule has 1 aromatic carbocycles. The van der Waals surface area contributed by atoms with Gasteiger partial charge in [-0.2, -0.15) is 0 Å². The normalized spacial score (nSPS) is 10.6. The number of nitrogens with zero attached hydrogens (tertiary/aromatic N) is 1. The summed E-state index contributed by atoms with van der Waals surface area (Å²) in [4.78, 5) is 6.63. The Morgan fingerprint density at radius 1 is 1.29 bits per heavy atom. The first kappa shape index (κ1) is 11.9. The lowest BCUT2D eigenvalue weighted by atomic mass is 10.1. The summed E-state index contributed by atoms with van der Waals surface area (Å²) in [7, 11) is 1.33. The molecule has 0 aliphatic heterocycles. The molecule has 0 unspecified atom stereocenters. The molecule has 1 aromatic heterocycles. The molecular weight excluding hydrogens is 250 g/mol. The highest BCUT2D eigenvalue weighted by molar-refractivity contribution is 6.31. The molecule has 3 nitrogen and oxygen atoms in total. The molecule has 6 heteroatoms. The number of hydrogen-bond donors (Lipinski definition) is 1. The first-order valence-electron chi connectivity index (χ1n) is 4.78. The molecule has 90 valence electrons. The van der Waals surface area contributed by atoms with Gasteiger partial charge in [0.2, 0.25) is 0 Å². The molecule has 1 heterocycles. The van der Waals surface area contributed by atoms with Gasteiger partial charge in [0.25, 0.3) is 0 Å². The Balaban J connectivity index is 2.63. The molecular formula is C11H9ClF2N2O. The molecule has 17 heavy (non-hydrogen) atoms. The van der Waals surface area contributed by atoms with Crippen molar-refractivity contribution in [1.29, 1.82) is 0 Å². The zero-order valence-electron chi connectivity index (χ0n) is 9.14. The Labute approximate surface area is 101 Å². The number of ether oxygens (including phenoxy) is 1. The minimum atomic E-state index is -0.768. The minimum absolute atomic E-state index is 0.0572. The van der Waals surface area contributed by atoms with Crippen LogP contribution in [0.2, 0.25) is 5.15 Å². The van der Waals surface area contributed by atoms with Gasteiger partial charge < -0.3 is 9.72 Å². The van der Waals surface area contributed by atoms with Gasteiger partial charge in [0.05, 0.1) is 12.7 Å². The predicted octanol–water partition coefficient (Wildman–Crippen LogP) is 3.33. The van der Waals surface area contributed by atoms with Crippen molar-refractivity contribution in [3.8, 4) is 17.0 Å². The van der Waals surface area contributed by atoms with Crippen LogP contribution in [0, 0.1) is 18.6 Å². The summed E-state index contributed by atoms with van der Waals surface area (Å²) >= 11 is 5.81. The third kappa shape index (κ3) is 2.10. The fourth-order valence-electron chi connectivity index (χ4n) is 1.52. The first-order valence-corrected chi connectivity index (χ1v) is 5.16. The predicted molar refractivity (Wildman–Crippen MR) is 60.2 cm³/mol. The molecule has 0 bridgehead atoms.